The highest BCUT2D eigenvalue weighted by Crippen LogP contribution is 2.19. The standard InChI is InChI=1S/C21H20N6O/c1-15(16-8-4-2-5-9-16)23-18-12-13-19-22-14-20(27(19)26-18)25-21(28)24-17-10-6-3-7-11-17/h2-15H,1H3,(H,23,26)(H2,24,25,28)/t15-/m0/s1. The third-order valence-corrected chi connectivity index (χ3v) is 4.30. The Morgan fingerprint density at radius 2 is 1.64 bits per heavy atom. The lowest BCUT2D eigenvalue weighted by Gasteiger charge is -2.15. The van der Waals surface area contributed by atoms with E-state index in [0.29, 0.717) is 23.0 Å². The van der Waals surface area contributed by atoms with Crippen molar-refractivity contribution in [1.29, 1.82) is 0 Å². The molecule has 28 heavy (non-hydrogen) atoms. The van der Waals surface area contributed by atoms with Crippen molar-refractivity contribution >= 4 is 29.0 Å². The minimum Gasteiger partial charge on any atom is -0.362 e. The Morgan fingerprint density at radius 3 is 2.39 bits per heavy atom. The van der Waals surface area contributed by atoms with Crippen LogP contribution in [0.25, 0.3) is 5.65 Å². The number of anilines is 3. The van der Waals surface area contributed by atoms with E-state index in [4.69, 9.17) is 0 Å². The molecular weight excluding hydrogens is 352 g/mol. The zero-order valence-corrected chi connectivity index (χ0v) is 15.3. The first-order chi connectivity index (χ1) is 13.7. The molecule has 3 N–H and O–H groups in total. The van der Waals surface area contributed by atoms with Crippen molar-refractivity contribution in [2.45, 2.75) is 13.0 Å². The van der Waals surface area contributed by atoms with Gasteiger partial charge in [0.25, 0.3) is 0 Å². The summed E-state index contributed by atoms with van der Waals surface area (Å²) in [5, 5.41) is 13.5. The number of benzene rings is 2. The molecule has 7 heteroatoms. The Balaban J connectivity index is 1.50. The fourth-order valence-electron chi connectivity index (χ4n) is 2.88. The third kappa shape index (κ3) is 3.93. The molecule has 7 nitrogen and oxygen atoms in total. The summed E-state index contributed by atoms with van der Waals surface area (Å²) < 4.78 is 1.60. The van der Waals surface area contributed by atoms with Crippen molar-refractivity contribution in [1.82, 2.24) is 14.6 Å². The molecule has 0 saturated heterocycles. The van der Waals surface area contributed by atoms with Gasteiger partial charge < -0.3 is 10.6 Å². The maximum absolute atomic E-state index is 12.3. The van der Waals surface area contributed by atoms with Gasteiger partial charge in [-0.2, -0.15) is 4.52 Å². The van der Waals surface area contributed by atoms with Crippen LogP contribution in [0, 0.1) is 0 Å². The summed E-state index contributed by atoms with van der Waals surface area (Å²) in [4.78, 5) is 16.6. The van der Waals surface area contributed by atoms with Crippen molar-refractivity contribution < 1.29 is 4.79 Å². The molecule has 0 aliphatic rings. The largest absolute Gasteiger partial charge is 0.362 e. The lowest BCUT2D eigenvalue weighted by Crippen LogP contribution is -2.20. The lowest BCUT2D eigenvalue weighted by atomic mass is 10.1. The summed E-state index contributed by atoms with van der Waals surface area (Å²) in [6.07, 6.45) is 1.58. The highest BCUT2D eigenvalue weighted by atomic mass is 16.2. The van der Waals surface area contributed by atoms with E-state index in [0.717, 1.165) is 5.56 Å². The van der Waals surface area contributed by atoms with Crippen LogP contribution in [0.15, 0.2) is 79.0 Å². The van der Waals surface area contributed by atoms with Gasteiger partial charge in [0.2, 0.25) is 0 Å². The number of carbonyl (C=O) groups excluding carboxylic acids is 1. The first-order valence-corrected chi connectivity index (χ1v) is 8.98. The molecule has 4 aromatic rings. The molecule has 2 aromatic heterocycles. The van der Waals surface area contributed by atoms with E-state index in [-0.39, 0.29) is 12.1 Å². The first kappa shape index (κ1) is 17.5. The SMILES string of the molecule is C[C@H](Nc1ccc2ncc(NC(=O)Nc3ccccc3)n2n1)c1ccccc1. The van der Waals surface area contributed by atoms with E-state index in [1.807, 2.05) is 60.7 Å². The first-order valence-electron chi connectivity index (χ1n) is 8.98. The van der Waals surface area contributed by atoms with E-state index in [1.165, 1.54) is 0 Å². The molecule has 2 amide bonds. The van der Waals surface area contributed by atoms with Crippen LogP contribution in [0.4, 0.5) is 22.1 Å². The van der Waals surface area contributed by atoms with E-state index < -0.39 is 0 Å². The lowest BCUT2D eigenvalue weighted by molar-refractivity contribution is 0.262. The molecule has 0 aliphatic heterocycles. The van der Waals surface area contributed by atoms with Gasteiger partial charge >= 0.3 is 6.03 Å². The molecule has 2 aromatic carbocycles. The summed E-state index contributed by atoms with van der Waals surface area (Å²) in [5.41, 5.74) is 2.52. The number of carbonyl (C=O) groups is 1. The van der Waals surface area contributed by atoms with Crippen LogP contribution < -0.4 is 16.0 Å². The van der Waals surface area contributed by atoms with Crippen LogP contribution in [0.3, 0.4) is 0 Å². The van der Waals surface area contributed by atoms with E-state index in [2.05, 4.69) is 45.1 Å². The number of hydrogen-bond donors (Lipinski definition) is 3. The molecule has 0 fully saturated rings. The van der Waals surface area contributed by atoms with Crippen molar-refractivity contribution in [2.75, 3.05) is 16.0 Å². The van der Waals surface area contributed by atoms with Gasteiger partial charge in [-0.1, -0.05) is 48.5 Å². The molecule has 0 aliphatic carbocycles. The van der Waals surface area contributed by atoms with Gasteiger partial charge in [0.15, 0.2) is 11.5 Å². The van der Waals surface area contributed by atoms with Crippen LogP contribution in [0.1, 0.15) is 18.5 Å². The van der Waals surface area contributed by atoms with Gasteiger partial charge in [-0.15, -0.1) is 5.10 Å². The quantitative estimate of drug-likeness (QED) is 0.480. The van der Waals surface area contributed by atoms with E-state index >= 15 is 0 Å². The molecule has 0 spiro atoms. The Kier molecular flexibility index (Phi) is 4.88. The number of rotatable bonds is 5. The summed E-state index contributed by atoms with van der Waals surface area (Å²) in [6, 6.07) is 22.8. The Labute approximate surface area is 162 Å². The Hall–Kier alpha value is -3.87. The van der Waals surface area contributed by atoms with Gasteiger partial charge in [-0.25, -0.2) is 9.78 Å². The minimum atomic E-state index is -0.356. The number of hydrogen-bond acceptors (Lipinski definition) is 4. The molecule has 0 saturated carbocycles. The number of para-hydroxylation sites is 1. The average Bonchev–Trinajstić information content (AvgIpc) is 3.11. The molecule has 4 rings (SSSR count). The Morgan fingerprint density at radius 1 is 0.929 bits per heavy atom. The maximum Gasteiger partial charge on any atom is 0.324 e. The molecule has 2 heterocycles. The van der Waals surface area contributed by atoms with Crippen molar-refractivity contribution in [3.8, 4) is 0 Å². The third-order valence-electron chi connectivity index (χ3n) is 4.30. The van der Waals surface area contributed by atoms with Gasteiger partial charge in [-0.3, -0.25) is 5.32 Å². The van der Waals surface area contributed by atoms with E-state index in [9.17, 15) is 4.79 Å². The summed E-state index contributed by atoms with van der Waals surface area (Å²) in [5.74, 6) is 1.17. The zero-order chi connectivity index (χ0) is 19.3. The van der Waals surface area contributed by atoms with Crippen molar-refractivity contribution in [2.24, 2.45) is 0 Å². The second kappa shape index (κ2) is 7.79. The number of urea groups is 1. The van der Waals surface area contributed by atoms with Gasteiger partial charge in [0.05, 0.1) is 6.20 Å². The number of nitrogens with one attached hydrogen (secondary N) is 3. The Bertz CT molecular complexity index is 1080. The fourth-order valence-corrected chi connectivity index (χ4v) is 2.88. The summed E-state index contributed by atoms with van der Waals surface area (Å²) in [6.45, 7) is 2.07. The predicted octanol–water partition coefficient (Wildman–Crippen LogP) is 4.55. The molecule has 140 valence electrons. The second-order valence-corrected chi connectivity index (χ2v) is 6.35. The molecule has 1 atom stereocenters. The molecule has 0 unspecified atom stereocenters. The number of imidazole rings is 1. The number of amides is 2. The maximum atomic E-state index is 12.3. The number of aromatic nitrogens is 3. The van der Waals surface area contributed by atoms with Gasteiger partial charge in [-0.05, 0) is 36.8 Å². The number of nitrogens with zero attached hydrogens (tertiary/aromatic N) is 3. The minimum absolute atomic E-state index is 0.0902. The van der Waals surface area contributed by atoms with Crippen LogP contribution >= 0.6 is 0 Å². The smallest absolute Gasteiger partial charge is 0.324 e. The van der Waals surface area contributed by atoms with Crippen molar-refractivity contribution in [3.63, 3.8) is 0 Å². The highest BCUT2D eigenvalue weighted by Gasteiger charge is 2.11. The predicted molar refractivity (Wildman–Crippen MR) is 111 cm³/mol. The van der Waals surface area contributed by atoms with Crippen LogP contribution in [0.2, 0.25) is 0 Å². The average molecular weight is 372 g/mol. The van der Waals surface area contributed by atoms with Crippen LogP contribution in [0.5, 0.6) is 0 Å². The van der Waals surface area contributed by atoms with Gasteiger partial charge in [0, 0.05) is 11.7 Å². The highest BCUT2D eigenvalue weighted by molar-refractivity contribution is 5.99. The zero-order valence-electron chi connectivity index (χ0n) is 15.3. The fraction of sp³-hybridized carbons (Fsp3) is 0.0952. The number of fused-ring (bicyclic) bond motifs is 1. The second-order valence-electron chi connectivity index (χ2n) is 6.35. The molecule has 0 radical (unpaired) electrons. The van der Waals surface area contributed by atoms with Crippen LogP contribution in [-0.2, 0) is 0 Å². The molecular formula is C21H20N6O. The monoisotopic (exact) mass is 372 g/mol. The van der Waals surface area contributed by atoms with Crippen molar-refractivity contribution in [3.05, 3.63) is 84.6 Å². The summed E-state index contributed by atoms with van der Waals surface area (Å²) >= 11 is 0. The summed E-state index contributed by atoms with van der Waals surface area (Å²) in [7, 11) is 0. The normalized spacial score (nSPS) is 11.8. The molecule has 0 bridgehead atoms. The van der Waals surface area contributed by atoms with Crippen LogP contribution in [-0.4, -0.2) is 20.6 Å². The van der Waals surface area contributed by atoms with Gasteiger partial charge in [0.1, 0.15) is 5.82 Å². The topological polar surface area (TPSA) is 83.3 Å². The van der Waals surface area contributed by atoms with E-state index in [1.54, 1.807) is 10.7 Å².